The second kappa shape index (κ2) is 6.66. The molecular formula is C15H22N2O2. The summed E-state index contributed by atoms with van der Waals surface area (Å²) in [5.41, 5.74) is 7.56. The summed E-state index contributed by atoms with van der Waals surface area (Å²) >= 11 is 0. The Morgan fingerprint density at radius 2 is 1.74 bits per heavy atom. The van der Waals surface area contributed by atoms with E-state index in [1.807, 2.05) is 12.1 Å². The lowest BCUT2D eigenvalue weighted by Crippen LogP contribution is -2.32. The van der Waals surface area contributed by atoms with E-state index < -0.39 is 0 Å². The monoisotopic (exact) mass is 262 g/mol. The third kappa shape index (κ3) is 4.03. The summed E-state index contributed by atoms with van der Waals surface area (Å²) in [6.45, 7) is 0. The Morgan fingerprint density at radius 3 is 2.26 bits per heavy atom. The van der Waals surface area contributed by atoms with E-state index in [1.165, 1.54) is 38.5 Å². The summed E-state index contributed by atoms with van der Waals surface area (Å²) in [4.78, 5) is 10.2. The van der Waals surface area contributed by atoms with Crippen molar-refractivity contribution in [3.8, 4) is 0 Å². The minimum atomic E-state index is -0.366. The lowest BCUT2D eigenvalue weighted by molar-refractivity contribution is -0.384. The molecule has 4 heteroatoms. The Labute approximate surface area is 114 Å². The molecule has 0 amide bonds. The van der Waals surface area contributed by atoms with Crippen LogP contribution in [0, 0.1) is 16.0 Å². The fraction of sp³-hybridized carbons (Fsp3) is 0.600. The molecule has 1 aliphatic rings. The highest BCUT2D eigenvalue weighted by Crippen LogP contribution is 2.26. The van der Waals surface area contributed by atoms with Crippen molar-refractivity contribution >= 4 is 5.69 Å². The van der Waals surface area contributed by atoms with Gasteiger partial charge < -0.3 is 5.73 Å². The van der Waals surface area contributed by atoms with Gasteiger partial charge in [-0.25, -0.2) is 0 Å². The highest BCUT2D eigenvalue weighted by molar-refractivity contribution is 5.33. The van der Waals surface area contributed by atoms with E-state index in [2.05, 4.69) is 0 Å². The Hall–Kier alpha value is -1.42. The molecule has 1 aromatic carbocycles. The van der Waals surface area contributed by atoms with Crippen LogP contribution in [-0.4, -0.2) is 11.0 Å². The van der Waals surface area contributed by atoms with Crippen LogP contribution in [0.15, 0.2) is 24.3 Å². The minimum Gasteiger partial charge on any atom is -0.327 e. The molecule has 0 bridgehead atoms. The van der Waals surface area contributed by atoms with Gasteiger partial charge in [-0.2, -0.15) is 0 Å². The number of nitro groups is 1. The molecule has 1 atom stereocenters. The van der Waals surface area contributed by atoms with Crippen LogP contribution in [0.1, 0.15) is 44.1 Å². The first-order chi connectivity index (χ1) is 9.16. The van der Waals surface area contributed by atoms with Crippen LogP contribution < -0.4 is 5.73 Å². The van der Waals surface area contributed by atoms with E-state index in [0.29, 0.717) is 5.92 Å². The number of nitrogens with zero attached hydrogens (tertiary/aromatic N) is 1. The summed E-state index contributed by atoms with van der Waals surface area (Å²) in [7, 11) is 0. The molecule has 1 saturated carbocycles. The van der Waals surface area contributed by atoms with E-state index in [-0.39, 0.29) is 16.7 Å². The average molecular weight is 262 g/mol. The van der Waals surface area contributed by atoms with E-state index >= 15 is 0 Å². The van der Waals surface area contributed by atoms with Crippen molar-refractivity contribution in [2.75, 3.05) is 0 Å². The number of nitrogens with two attached hydrogens (primary N) is 1. The van der Waals surface area contributed by atoms with Gasteiger partial charge in [-0.15, -0.1) is 0 Å². The zero-order valence-corrected chi connectivity index (χ0v) is 11.3. The lowest BCUT2D eigenvalue weighted by Gasteiger charge is -2.22. The molecule has 2 rings (SSSR count). The standard InChI is InChI=1S/C15H22N2O2/c16-15(13-5-3-1-2-4-6-13)11-12-7-9-14(10-8-12)17(18)19/h7-10,13,15H,1-6,11,16H2. The van der Waals surface area contributed by atoms with Crippen LogP contribution in [0.25, 0.3) is 0 Å². The SMILES string of the molecule is NC(Cc1ccc([N+](=O)[O-])cc1)C1CCCCCC1. The molecule has 0 saturated heterocycles. The molecule has 0 radical (unpaired) electrons. The minimum absolute atomic E-state index is 0.145. The lowest BCUT2D eigenvalue weighted by atomic mass is 9.88. The maximum Gasteiger partial charge on any atom is 0.269 e. The van der Waals surface area contributed by atoms with Crippen molar-refractivity contribution in [1.82, 2.24) is 0 Å². The molecule has 0 heterocycles. The number of non-ortho nitro benzene ring substituents is 1. The quantitative estimate of drug-likeness (QED) is 0.513. The van der Waals surface area contributed by atoms with Crippen molar-refractivity contribution in [3.63, 3.8) is 0 Å². The normalized spacial score (nSPS) is 18.8. The fourth-order valence-corrected chi connectivity index (χ4v) is 2.93. The molecule has 19 heavy (non-hydrogen) atoms. The van der Waals surface area contributed by atoms with Gasteiger partial charge in [-0.3, -0.25) is 10.1 Å². The smallest absolute Gasteiger partial charge is 0.269 e. The summed E-state index contributed by atoms with van der Waals surface area (Å²) in [6, 6.07) is 6.97. The topological polar surface area (TPSA) is 69.2 Å². The number of rotatable bonds is 4. The zero-order valence-electron chi connectivity index (χ0n) is 11.3. The molecule has 1 aromatic rings. The Balaban J connectivity index is 1.93. The predicted molar refractivity (Wildman–Crippen MR) is 76.0 cm³/mol. The van der Waals surface area contributed by atoms with E-state index in [4.69, 9.17) is 5.73 Å². The molecule has 2 N–H and O–H groups in total. The van der Waals surface area contributed by atoms with Gasteiger partial charge in [0.2, 0.25) is 0 Å². The first kappa shape index (κ1) is 14.0. The number of nitro benzene ring substituents is 1. The van der Waals surface area contributed by atoms with Gasteiger partial charge >= 0.3 is 0 Å². The average Bonchev–Trinajstić information content (AvgIpc) is 2.68. The Bertz CT molecular complexity index is 409. The molecular weight excluding hydrogens is 240 g/mol. The van der Waals surface area contributed by atoms with Crippen LogP contribution in [0.2, 0.25) is 0 Å². The molecule has 0 aliphatic heterocycles. The Kier molecular flexibility index (Phi) is 4.91. The number of benzene rings is 1. The summed E-state index contributed by atoms with van der Waals surface area (Å²) in [5.74, 6) is 0.609. The maximum absolute atomic E-state index is 10.6. The van der Waals surface area contributed by atoms with Gasteiger partial charge in [0.05, 0.1) is 4.92 Å². The molecule has 4 nitrogen and oxygen atoms in total. The fourth-order valence-electron chi connectivity index (χ4n) is 2.93. The zero-order chi connectivity index (χ0) is 13.7. The van der Waals surface area contributed by atoms with E-state index in [0.717, 1.165) is 12.0 Å². The van der Waals surface area contributed by atoms with Crippen LogP contribution in [-0.2, 0) is 6.42 Å². The van der Waals surface area contributed by atoms with Crippen LogP contribution >= 0.6 is 0 Å². The second-order valence-electron chi connectivity index (χ2n) is 5.54. The third-order valence-electron chi connectivity index (χ3n) is 4.12. The van der Waals surface area contributed by atoms with Gasteiger partial charge in [-0.05, 0) is 30.7 Å². The molecule has 1 fully saturated rings. The van der Waals surface area contributed by atoms with Crippen molar-refractivity contribution in [3.05, 3.63) is 39.9 Å². The van der Waals surface area contributed by atoms with Crippen molar-refractivity contribution < 1.29 is 4.92 Å². The highest BCUT2D eigenvalue weighted by atomic mass is 16.6. The summed E-state index contributed by atoms with van der Waals surface area (Å²) < 4.78 is 0. The second-order valence-corrected chi connectivity index (χ2v) is 5.54. The Morgan fingerprint density at radius 1 is 1.16 bits per heavy atom. The molecule has 1 aliphatic carbocycles. The van der Waals surface area contributed by atoms with Crippen LogP contribution in [0.4, 0.5) is 5.69 Å². The van der Waals surface area contributed by atoms with E-state index in [1.54, 1.807) is 12.1 Å². The van der Waals surface area contributed by atoms with Crippen molar-refractivity contribution in [2.24, 2.45) is 11.7 Å². The van der Waals surface area contributed by atoms with Crippen molar-refractivity contribution in [2.45, 2.75) is 51.0 Å². The number of hydrogen-bond donors (Lipinski definition) is 1. The first-order valence-corrected chi connectivity index (χ1v) is 7.16. The van der Waals surface area contributed by atoms with Gasteiger partial charge in [0.1, 0.15) is 0 Å². The summed E-state index contributed by atoms with van der Waals surface area (Å²) in [6.07, 6.45) is 8.53. The highest BCUT2D eigenvalue weighted by Gasteiger charge is 2.19. The van der Waals surface area contributed by atoms with Crippen molar-refractivity contribution in [1.29, 1.82) is 0 Å². The molecule has 0 aromatic heterocycles. The molecule has 0 spiro atoms. The van der Waals surface area contributed by atoms with E-state index in [9.17, 15) is 10.1 Å². The first-order valence-electron chi connectivity index (χ1n) is 7.16. The molecule has 104 valence electrons. The molecule has 1 unspecified atom stereocenters. The van der Waals surface area contributed by atoms with Crippen LogP contribution in [0.3, 0.4) is 0 Å². The van der Waals surface area contributed by atoms with Gasteiger partial charge in [0.25, 0.3) is 5.69 Å². The van der Waals surface area contributed by atoms with Gasteiger partial charge in [0.15, 0.2) is 0 Å². The number of hydrogen-bond acceptors (Lipinski definition) is 3. The predicted octanol–water partition coefficient (Wildman–Crippen LogP) is 3.44. The maximum atomic E-state index is 10.6. The van der Waals surface area contributed by atoms with Gasteiger partial charge in [-0.1, -0.05) is 37.8 Å². The van der Waals surface area contributed by atoms with Gasteiger partial charge in [0, 0.05) is 18.2 Å². The largest absolute Gasteiger partial charge is 0.327 e. The third-order valence-corrected chi connectivity index (χ3v) is 4.12. The van der Waals surface area contributed by atoms with Crippen LogP contribution in [0.5, 0.6) is 0 Å². The summed E-state index contributed by atoms with van der Waals surface area (Å²) in [5, 5.41) is 10.6.